The van der Waals surface area contributed by atoms with Crippen LogP contribution in [0.25, 0.3) is 10.8 Å². The van der Waals surface area contributed by atoms with Crippen molar-refractivity contribution >= 4 is 46.1 Å². The van der Waals surface area contributed by atoms with Gasteiger partial charge >= 0.3 is 18.2 Å². The van der Waals surface area contributed by atoms with Crippen LogP contribution in [-0.4, -0.2) is 94.1 Å². The van der Waals surface area contributed by atoms with E-state index in [1.54, 1.807) is 11.9 Å². The van der Waals surface area contributed by atoms with Crippen LogP contribution in [0.1, 0.15) is 51.3 Å². The predicted octanol–water partition coefficient (Wildman–Crippen LogP) is 5.71. The topological polar surface area (TPSA) is 135 Å². The molecule has 248 valence electrons. The van der Waals surface area contributed by atoms with Crippen molar-refractivity contribution in [2.24, 2.45) is 0 Å². The minimum atomic E-state index is -1.04. The standard InChI is InChI=1S/C34H40ClN7O5/c1-33(2,3)47-32(45)39(4)34(13-14-34)21-46-30-37-26-20-40(27-10-6-8-22-7-5-9-25(35)28(22)27)16-12-24(26)29(38-30)41-17-18-42(31(43)44)23(19-41)11-15-36/h5-10,23H,11-14,16-21H2,1-4H3,(H,43,44)/t23-/m0/s1. The summed E-state index contributed by atoms with van der Waals surface area (Å²) >= 11 is 6.70. The molecule has 13 heteroatoms. The van der Waals surface area contributed by atoms with Gasteiger partial charge in [0.05, 0.1) is 41.3 Å². The van der Waals surface area contributed by atoms with Crippen LogP contribution < -0.4 is 14.5 Å². The van der Waals surface area contributed by atoms with Crippen LogP contribution in [0.15, 0.2) is 36.4 Å². The van der Waals surface area contributed by atoms with Gasteiger partial charge in [0.25, 0.3) is 0 Å². The third kappa shape index (κ3) is 6.67. The summed E-state index contributed by atoms with van der Waals surface area (Å²) in [6.07, 6.45) is 0.821. The number of amides is 2. The lowest BCUT2D eigenvalue weighted by Crippen LogP contribution is -2.55. The fraction of sp³-hybridized carbons (Fsp3) is 0.500. The zero-order chi connectivity index (χ0) is 33.5. The fourth-order valence-corrected chi connectivity index (χ4v) is 6.76. The fourth-order valence-electron chi connectivity index (χ4n) is 6.48. The van der Waals surface area contributed by atoms with Crippen molar-refractivity contribution in [3.8, 4) is 12.1 Å². The number of aromatic nitrogens is 2. The number of fused-ring (bicyclic) bond motifs is 2. The Morgan fingerprint density at radius 3 is 2.55 bits per heavy atom. The van der Waals surface area contributed by atoms with Crippen LogP contribution in [0.5, 0.6) is 6.01 Å². The first-order valence-electron chi connectivity index (χ1n) is 15.9. The van der Waals surface area contributed by atoms with E-state index in [0.29, 0.717) is 43.4 Å². The van der Waals surface area contributed by atoms with Crippen molar-refractivity contribution in [1.29, 1.82) is 5.26 Å². The van der Waals surface area contributed by atoms with Gasteiger partial charge < -0.3 is 34.2 Å². The van der Waals surface area contributed by atoms with Gasteiger partial charge in [0, 0.05) is 49.9 Å². The highest BCUT2D eigenvalue weighted by Gasteiger charge is 2.51. The molecule has 1 saturated heterocycles. The SMILES string of the molecule is CN(C(=O)OC(C)(C)C)C1(COc2nc3c(c(N4CCN(C(=O)O)[C@@H](CC#N)C4)n2)CCN(c2cccc4cccc(Cl)c24)C3)CC1. The molecule has 1 saturated carbocycles. The van der Waals surface area contributed by atoms with Crippen LogP contribution in [0.2, 0.25) is 5.02 Å². The maximum Gasteiger partial charge on any atom is 0.410 e. The quantitative estimate of drug-likeness (QED) is 0.336. The van der Waals surface area contributed by atoms with Gasteiger partial charge in [-0.1, -0.05) is 35.9 Å². The van der Waals surface area contributed by atoms with Gasteiger partial charge in [-0.25, -0.2) is 9.59 Å². The second kappa shape index (κ2) is 12.6. The first-order chi connectivity index (χ1) is 22.4. The van der Waals surface area contributed by atoms with Crippen molar-refractivity contribution < 1.29 is 24.2 Å². The number of likely N-dealkylation sites (N-methyl/N-ethyl adjacent to an activating group) is 1. The molecule has 0 bridgehead atoms. The average Bonchev–Trinajstić information content (AvgIpc) is 3.83. The summed E-state index contributed by atoms with van der Waals surface area (Å²) in [6.45, 7) is 7.91. The van der Waals surface area contributed by atoms with E-state index in [1.165, 1.54) is 4.90 Å². The Morgan fingerprint density at radius 2 is 1.87 bits per heavy atom. The molecular formula is C34H40ClN7O5. The Labute approximate surface area is 279 Å². The summed E-state index contributed by atoms with van der Waals surface area (Å²) in [6, 6.07) is 13.9. The molecule has 0 radical (unpaired) electrons. The molecule has 1 aromatic heterocycles. The zero-order valence-electron chi connectivity index (χ0n) is 27.2. The van der Waals surface area contributed by atoms with Crippen molar-refractivity contribution in [3.05, 3.63) is 52.7 Å². The van der Waals surface area contributed by atoms with Crippen LogP contribution in [0, 0.1) is 11.3 Å². The van der Waals surface area contributed by atoms with Gasteiger partial charge in [0.1, 0.15) is 18.0 Å². The lowest BCUT2D eigenvalue weighted by Gasteiger charge is -2.41. The lowest BCUT2D eigenvalue weighted by molar-refractivity contribution is 0.0134. The highest BCUT2D eigenvalue weighted by Crippen LogP contribution is 2.42. The van der Waals surface area contributed by atoms with Crippen LogP contribution >= 0.6 is 11.6 Å². The molecule has 12 nitrogen and oxygen atoms in total. The number of hydrogen-bond acceptors (Lipinski definition) is 9. The molecule has 3 aromatic rings. The monoisotopic (exact) mass is 661 g/mol. The van der Waals surface area contributed by atoms with Gasteiger partial charge in [0.2, 0.25) is 0 Å². The summed E-state index contributed by atoms with van der Waals surface area (Å²) < 4.78 is 11.9. The second-order valence-corrected chi connectivity index (χ2v) is 13.9. The molecule has 1 aliphatic carbocycles. The van der Waals surface area contributed by atoms with Gasteiger partial charge in [-0.2, -0.15) is 15.2 Å². The predicted molar refractivity (Wildman–Crippen MR) is 178 cm³/mol. The molecule has 2 aromatic carbocycles. The highest BCUT2D eigenvalue weighted by atomic mass is 35.5. The number of carbonyl (C=O) groups excluding carboxylic acids is 1. The summed E-state index contributed by atoms with van der Waals surface area (Å²) in [4.78, 5) is 41.9. The van der Waals surface area contributed by atoms with E-state index in [4.69, 9.17) is 31.0 Å². The molecular weight excluding hydrogens is 622 g/mol. The molecule has 2 amide bonds. The number of nitrogens with zero attached hydrogens (tertiary/aromatic N) is 7. The third-order valence-corrected chi connectivity index (χ3v) is 9.54. The van der Waals surface area contributed by atoms with Crippen LogP contribution in [-0.2, 0) is 17.7 Å². The molecule has 1 N–H and O–H groups in total. The Balaban J connectivity index is 1.32. The molecule has 2 fully saturated rings. The number of carbonyl (C=O) groups is 2. The number of piperazine rings is 1. The first kappa shape index (κ1) is 32.4. The molecule has 47 heavy (non-hydrogen) atoms. The Hall–Kier alpha value is -4.50. The van der Waals surface area contributed by atoms with Crippen molar-refractivity contribution in [1.82, 2.24) is 19.8 Å². The van der Waals surface area contributed by atoms with Crippen molar-refractivity contribution in [3.63, 3.8) is 0 Å². The van der Waals surface area contributed by atoms with Crippen molar-refractivity contribution in [2.75, 3.05) is 49.6 Å². The first-order valence-corrected chi connectivity index (χ1v) is 16.3. The second-order valence-electron chi connectivity index (χ2n) is 13.5. The average molecular weight is 662 g/mol. The molecule has 0 spiro atoms. The van der Waals surface area contributed by atoms with Gasteiger partial charge in [-0.3, -0.25) is 0 Å². The molecule has 3 heterocycles. The minimum Gasteiger partial charge on any atom is -0.465 e. The van der Waals surface area contributed by atoms with Crippen LogP contribution in [0.4, 0.5) is 21.1 Å². The van der Waals surface area contributed by atoms with Gasteiger partial charge in [0.15, 0.2) is 0 Å². The number of ether oxygens (including phenoxy) is 2. The van der Waals surface area contributed by atoms with Gasteiger partial charge in [-0.05, 0) is 57.6 Å². The van der Waals surface area contributed by atoms with E-state index in [9.17, 15) is 20.0 Å². The number of nitriles is 1. The van der Waals surface area contributed by atoms with Gasteiger partial charge in [-0.15, -0.1) is 0 Å². The van der Waals surface area contributed by atoms with E-state index in [2.05, 4.69) is 21.9 Å². The Morgan fingerprint density at radius 1 is 1.13 bits per heavy atom. The maximum absolute atomic E-state index is 12.9. The smallest absolute Gasteiger partial charge is 0.410 e. The summed E-state index contributed by atoms with van der Waals surface area (Å²) in [5.74, 6) is 0.693. The maximum atomic E-state index is 12.9. The molecule has 2 aliphatic heterocycles. The van der Waals surface area contributed by atoms with E-state index in [1.807, 2.05) is 51.1 Å². The van der Waals surface area contributed by atoms with E-state index < -0.39 is 29.4 Å². The molecule has 3 aliphatic rings. The highest BCUT2D eigenvalue weighted by molar-refractivity contribution is 6.36. The van der Waals surface area contributed by atoms with E-state index in [-0.39, 0.29) is 25.6 Å². The largest absolute Gasteiger partial charge is 0.465 e. The number of hydrogen-bond donors (Lipinski definition) is 1. The van der Waals surface area contributed by atoms with E-state index in [0.717, 1.165) is 40.6 Å². The van der Waals surface area contributed by atoms with Crippen molar-refractivity contribution in [2.45, 2.75) is 70.2 Å². The third-order valence-electron chi connectivity index (χ3n) is 9.23. The molecule has 1 atom stereocenters. The Bertz CT molecular complexity index is 1730. The number of rotatable bonds is 7. The van der Waals surface area contributed by atoms with Crippen LogP contribution in [0.3, 0.4) is 0 Å². The zero-order valence-corrected chi connectivity index (χ0v) is 28.0. The lowest BCUT2D eigenvalue weighted by atomic mass is 10.0. The minimum absolute atomic E-state index is 0.0779. The summed E-state index contributed by atoms with van der Waals surface area (Å²) in [7, 11) is 1.73. The molecule has 6 rings (SSSR count). The van der Waals surface area contributed by atoms with E-state index >= 15 is 0 Å². The number of halogens is 1. The summed E-state index contributed by atoms with van der Waals surface area (Å²) in [5, 5.41) is 21.9. The number of carboxylic acid groups (broad SMARTS) is 1. The Kier molecular flexibility index (Phi) is 8.70. The molecule has 0 unspecified atom stereocenters. The number of anilines is 2. The number of benzene rings is 2. The normalized spacial score (nSPS) is 18.7. The summed E-state index contributed by atoms with van der Waals surface area (Å²) in [5.41, 5.74) is 1.67.